The highest BCUT2D eigenvalue weighted by molar-refractivity contribution is 7.92. The highest BCUT2D eigenvalue weighted by Crippen LogP contribution is 2.35. The van der Waals surface area contributed by atoms with Crippen molar-refractivity contribution in [3.63, 3.8) is 0 Å². The second-order valence-electron chi connectivity index (χ2n) is 9.17. The van der Waals surface area contributed by atoms with Gasteiger partial charge in [-0.05, 0) is 44.7 Å². The Hall–Kier alpha value is -1.96. The van der Waals surface area contributed by atoms with Gasteiger partial charge in [0, 0.05) is 11.6 Å². The van der Waals surface area contributed by atoms with Crippen molar-refractivity contribution in [1.29, 1.82) is 0 Å². The number of carbonyl (C=O) groups excluding carboxylic acids is 1. The van der Waals surface area contributed by atoms with E-state index in [0.29, 0.717) is 30.4 Å². The molecule has 0 spiro atoms. The third-order valence-electron chi connectivity index (χ3n) is 4.30. The Labute approximate surface area is 168 Å². The number of rotatable bonds is 6. The van der Waals surface area contributed by atoms with E-state index in [1.165, 1.54) is 0 Å². The quantitative estimate of drug-likeness (QED) is 0.776. The minimum atomic E-state index is -3.70. The van der Waals surface area contributed by atoms with Gasteiger partial charge < -0.3 is 14.8 Å². The fourth-order valence-electron chi connectivity index (χ4n) is 3.79. The molecule has 0 fully saturated rings. The number of nitrogens with one attached hydrogen (secondary N) is 1. The molecule has 158 valence electrons. The van der Waals surface area contributed by atoms with E-state index in [1.807, 2.05) is 13.8 Å². The molecule has 0 aliphatic carbocycles. The fraction of sp³-hybridized carbons (Fsp3) is 0.650. The zero-order valence-corrected chi connectivity index (χ0v) is 18.6. The lowest BCUT2D eigenvalue weighted by Crippen LogP contribution is -2.54. The van der Waals surface area contributed by atoms with E-state index in [0.717, 1.165) is 17.0 Å². The maximum atomic E-state index is 12.9. The van der Waals surface area contributed by atoms with Gasteiger partial charge in [0.15, 0.2) is 11.5 Å². The van der Waals surface area contributed by atoms with Gasteiger partial charge in [-0.1, -0.05) is 20.8 Å². The van der Waals surface area contributed by atoms with E-state index >= 15 is 0 Å². The molecule has 1 N–H and O–H groups in total. The van der Waals surface area contributed by atoms with Gasteiger partial charge in [0.1, 0.15) is 19.3 Å². The first-order valence-corrected chi connectivity index (χ1v) is 11.3. The van der Waals surface area contributed by atoms with Crippen LogP contribution in [-0.4, -0.2) is 45.4 Å². The van der Waals surface area contributed by atoms with Gasteiger partial charge in [-0.25, -0.2) is 8.42 Å². The second kappa shape index (κ2) is 7.81. The number of ether oxygens (including phenoxy) is 2. The van der Waals surface area contributed by atoms with E-state index in [4.69, 9.17) is 9.47 Å². The molecular formula is C20H32N2O5S. The van der Waals surface area contributed by atoms with Gasteiger partial charge in [0.25, 0.3) is 0 Å². The topological polar surface area (TPSA) is 84.9 Å². The third kappa shape index (κ3) is 5.77. The lowest BCUT2D eigenvalue weighted by atomic mass is 9.81. The smallest absolute Gasteiger partial charge is 0.244 e. The van der Waals surface area contributed by atoms with Crippen molar-refractivity contribution >= 4 is 21.6 Å². The molecule has 1 aromatic carbocycles. The van der Waals surface area contributed by atoms with Crippen LogP contribution < -0.4 is 19.1 Å². The van der Waals surface area contributed by atoms with E-state index in [-0.39, 0.29) is 11.3 Å². The summed E-state index contributed by atoms with van der Waals surface area (Å²) in [6.45, 7) is 12.6. The Morgan fingerprint density at radius 2 is 1.71 bits per heavy atom. The SMILES string of the molecule is CC(C(=O)NC(C)(C)CC(C)(C)C)N(c1ccc2c(c1)OCCO2)S(C)(=O)=O. The molecule has 1 unspecified atom stereocenters. The van der Waals surface area contributed by atoms with Crippen molar-refractivity contribution in [2.24, 2.45) is 5.41 Å². The Morgan fingerprint density at radius 3 is 2.25 bits per heavy atom. The number of nitrogens with zero attached hydrogens (tertiary/aromatic N) is 1. The largest absolute Gasteiger partial charge is 0.486 e. The fourth-order valence-corrected chi connectivity index (χ4v) is 4.95. The summed E-state index contributed by atoms with van der Waals surface area (Å²) in [7, 11) is -3.70. The molecule has 1 aliphatic heterocycles. The second-order valence-corrected chi connectivity index (χ2v) is 11.0. The van der Waals surface area contributed by atoms with E-state index in [9.17, 15) is 13.2 Å². The number of hydrogen-bond donors (Lipinski definition) is 1. The number of anilines is 1. The summed E-state index contributed by atoms with van der Waals surface area (Å²) in [6.07, 6.45) is 1.84. The van der Waals surface area contributed by atoms with Gasteiger partial charge in [0.2, 0.25) is 15.9 Å². The number of sulfonamides is 1. The van der Waals surface area contributed by atoms with Crippen molar-refractivity contribution in [3.8, 4) is 11.5 Å². The molecule has 8 heteroatoms. The van der Waals surface area contributed by atoms with Crippen molar-refractivity contribution in [2.45, 2.75) is 59.5 Å². The number of benzene rings is 1. The van der Waals surface area contributed by atoms with Gasteiger partial charge in [-0.3, -0.25) is 9.10 Å². The van der Waals surface area contributed by atoms with Gasteiger partial charge in [-0.15, -0.1) is 0 Å². The maximum Gasteiger partial charge on any atom is 0.244 e. The maximum absolute atomic E-state index is 12.9. The molecule has 1 heterocycles. The summed E-state index contributed by atoms with van der Waals surface area (Å²) in [5.41, 5.74) is -0.0885. The van der Waals surface area contributed by atoms with Crippen LogP contribution in [0.3, 0.4) is 0 Å². The van der Waals surface area contributed by atoms with Crippen LogP contribution in [0.1, 0.15) is 48.0 Å². The molecule has 1 amide bonds. The van der Waals surface area contributed by atoms with Crippen LogP contribution >= 0.6 is 0 Å². The van der Waals surface area contributed by atoms with Crippen LogP contribution in [0.5, 0.6) is 11.5 Å². The van der Waals surface area contributed by atoms with Crippen LogP contribution in [-0.2, 0) is 14.8 Å². The molecular weight excluding hydrogens is 380 g/mol. The molecule has 1 atom stereocenters. The van der Waals surface area contributed by atoms with Crippen LogP contribution in [0, 0.1) is 5.41 Å². The molecule has 2 rings (SSSR count). The van der Waals surface area contributed by atoms with Crippen LogP contribution in [0.25, 0.3) is 0 Å². The van der Waals surface area contributed by atoms with E-state index < -0.39 is 21.6 Å². The zero-order valence-electron chi connectivity index (χ0n) is 17.8. The van der Waals surface area contributed by atoms with Crippen LogP contribution in [0.4, 0.5) is 5.69 Å². The number of fused-ring (bicyclic) bond motifs is 1. The molecule has 0 saturated heterocycles. The highest BCUT2D eigenvalue weighted by Gasteiger charge is 2.34. The molecule has 0 aromatic heterocycles. The third-order valence-corrected chi connectivity index (χ3v) is 5.54. The first-order chi connectivity index (χ1) is 12.7. The average Bonchev–Trinajstić information content (AvgIpc) is 2.50. The minimum Gasteiger partial charge on any atom is -0.486 e. The Morgan fingerprint density at radius 1 is 1.14 bits per heavy atom. The van der Waals surface area contributed by atoms with E-state index in [2.05, 4.69) is 26.1 Å². The molecule has 1 aromatic rings. The first kappa shape index (κ1) is 22.3. The minimum absolute atomic E-state index is 0.0202. The zero-order chi connectivity index (χ0) is 21.3. The lowest BCUT2D eigenvalue weighted by Gasteiger charge is -2.36. The van der Waals surface area contributed by atoms with Crippen LogP contribution in [0.15, 0.2) is 18.2 Å². The van der Waals surface area contributed by atoms with Gasteiger partial charge in [-0.2, -0.15) is 0 Å². The predicted octanol–water partition coefficient (Wildman–Crippen LogP) is 2.94. The summed E-state index contributed by atoms with van der Waals surface area (Å²) in [4.78, 5) is 12.9. The lowest BCUT2D eigenvalue weighted by molar-refractivity contribution is -0.123. The van der Waals surface area contributed by atoms with E-state index in [1.54, 1.807) is 25.1 Å². The first-order valence-electron chi connectivity index (χ1n) is 9.41. The summed E-state index contributed by atoms with van der Waals surface area (Å²) in [5, 5.41) is 3.00. The molecule has 0 bridgehead atoms. The van der Waals surface area contributed by atoms with Crippen molar-refractivity contribution in [2.75, 3.05) is 23.8 Å². The van der Waals surface area contributed by atoms with Crippen molar-refractivity contribution in [1.82, 2.24) is 5.32 Å². The molecule has 7 nitrogen and oxygen atoms in total. The Balaban J connectivity index is 2.29. The van der Waals surface area contributed by atoms with Crippen molar-refractivity contribution in [3.05, 3.63) is 18.2 Å². The standard InChI is InChI=1S/C20H32N2O5S/c1-14(18(23)21-20(5,6)13-19(2,3)4)22(28(7,24)25)15-8-9-16-17(12-15)27-11-10-26-16/h8-9,12,14H,10-11,13H2,1-7H3,(H,21,23). The molecule has 28 heavy (non-hydrogen) atoms. The molecule has 0 saturated carbocycles. The monoisotopic (exact) mass is 412 g/mol. The summed E-state index contributed by atoms with van der Waals surface area (Å²) in [5.74, 6) is 0.680. The average molecular weight is 413 g/mol. The Bertz CT molecular complexity index is 827. The number of hydrogen-bond acceptors (Lipinski definition) is 5. The van der Waals surface area contributed by atoms with Gasteiger partial charge >= 0.3 is 0 Å². The van der Waals surface area contributed by atoms with Crippen molar-refractivity contribution < 1.29 is 22.7 Å². The normalized spacial score (nSPS) is 15.7. The molecule has 1 aliphatic rings. The van der Waals surface area contributed by atoms with Crippen LogP contribution in [0.2, 0.25) is 0 Å². The Kier molecular flexibility index (Phi) is 6.23. The summed E-state index contributed by atoms with van der Waals surface area (Å²) >= 11 is 0. The van der Waals surface area contributed by atoms with Gasteiger partial charge in [0.05, 0.1) is 11.9 Å². The predicted molar refractivity (Wildman–Crippen MR) is 111 cm³/mol. The molecule has 0 radical (unpaired) electrons. The number of amides is 1. The summed E-state index contributed by atoms with van der Waals surface area (Å²) < 4.78 is 37.2. The number of carbonyl (C=O) groups is 1. The summed E-state index contributed by atoms with van der Waals surface area (Å²) in [6, 6.07) is 3.96. The highest BCUT2D eigenvalue weighted by atomic mass is 32.2.